The van der Waals surface area contributed by atoms with Crippen LogP contribution in [0.3, 0.4) is 0 Å². The number of aliphatic carboxylic acids is 2. The Morgan fingerprint density at radius 1 is 0.912 bits per heavy atom. The predicted octanol–water partition coefficient (Wildman–Crippen LogP) is -2.83. The summed E-state index contributed by atoms with van der Waals surface area (Å²) in [6.45, 7) is -0.672. The van der Waals surface area contributed by atoms with E-state index in [4.69, 9.17) is 21.7 Å². The molecule has 0 aromatic heterocycles. The minimum absolute atomic E-state index is 0.0231. The molecule has 0 spiro atoms. The highest BCUT2D eigenvalue weighted by Gasteiger charge is 2.26. The van der Waals surface area contributed by atoms with E-state index in [1.165, 1.54) is 24.3 Å². The summed E-state index contributed by atoms with van der Waals surface area (Å²) < 4.78 is 0. The lowest BCUT2D eigenvalue weighted by Gasteiger charge is -2.21. The van der Waals surface area contributed by atoms with Crippen LogP contribution in [-0.4, -0.2) is 75.6 Å². The Morgan fingerprint density at radius 3 is 2.06 bits per heavy atom. The average Bonchev–Trinajstić information content (AvgIpc) is 2.75. The van der Waals surface area contributed by atoms with Crippen molar-refractivity contribution in [2.45, 2.75) is 43.8 Å². The van der Waals surface area contributed by atoms with Gasteiger partial charge in [0.15, 0.2) is 0 Å². The summed E-state index contributed by atoms with van der Waals surface area (Å²) in [5, 5.41) is 33.8. The van der Waals surface area contributed by atoms with Gasteiger partial charge in [-0.05, 0) is 24.1 Å². The number of nitrogens with two attached hydrogens (primary N) is 2. The highest BCUT2D eigenvalue weighted by atomic mass is 16.4. The zero-order chi connectivity index (χ0) is 25.8. The Morgan fingerprint density at radius 2 is 1.53 bits per heavy atom. The first-order valence-electron chi connectivity index (χ1n) is 10.0. The number of aromatic hydroxyl groups is 1. The molecular formula is C20H27N5O9. The predicted molar refractivity (Wildman–Crippen MR) is 115 cm³/mol. The first kappa shape index (κ1) is 27.8. The molecule has 10 N–H and O–H groups in total. The SMILES string of the molecule is NC(=O)CC(NC(=O)CNC(=O)C(Cc1ccc(O)cc1)NC(=O)C(N)CCC(=O)O)C(=O)O. The van der Waals surface area contributed by atoms with Crippen molar-refractivity contribution in [1.29, 1.82) is 0 Å². The number of hydrogen-bond acceptors (Lipinski definition) is 8. The minimum Gasteiger partial charge on any atom is -0.508 e. The van der Waals surface area contributed by atoms with Crippen molar-refractivity contribution >= 4 is 35.6 Å². The summed E-state index contributed by atoms with van der Waals surface area (Å²) in [6.07, 6.45) is -1.25. The van der Waals surface area contributed by atoms with Gasteiger partial charge in [0.1, 0.15) is 17.8 Å². The van der Waals surface area contributed by atoms with Gasteiger partial charge in [-0.1, -0.05) is 12.1 Å². The monoisotopic (exact) mass is 481 g/mol. The summed E-state index contributed by atoms with van der Waals surface area (Å²) >= 11 is 0. The number of nitrogens with one attached hydrogen (secondary N) is 3. The quantitative estimate of drug-likeness (QED) is 0.135. The molecule has 0 bridgehead atoms. The van der Waals surface area contributed by atoms with E-state index in [9.17, 15) is 33.9 Å². The third-order valence-corrected chi connectivity index (χ3v) is 4.48. The number of hydrogen-bond donors (Lipinski definition) is 8. The standard InChI is InChI=1S/C20H27N5O9/c21-12(5-6-17(29)30)18(31)25-13(7-10-1-3-11(26)4-2-10)19(32)23-9-16(28)24-14(20(33)34)8-15(22)27/h1-4,12-14,26H,5-9,21H2,(H2,22,27)(H,23,32)(H,24,28)(H,25,31)(H,29,30)(H,33,34). The molecule has 3 unspecified atom stereocenters. The van der Waals surface area contributed by atoms with Gasteiger partial charge in [-0.2, -0.15) is 0 Å². The highest BCUT2D eigenvalue weighted by molar-refractivity contribution is 5.93. The Hall–Kier alpha value is -4.20. The minimum atomic E-state index is -1.58. The van der Waals surface area contributed by atoms with Gasteiger partial charge in [-0.25, -0.2) is 4.79 Å². The third-order valence-electron chi connectivity index (χ3n) is 4.48. The van der Waals surface area contributed by atoms with E-state index < -0.39 is 66.7 Å². The van der Waals surface area contributed by atoms with E-state index in [2.05, 4.69) is 10.6 Å². The fourth-order valence-electron chi connectivity index (χ4n) is 2.70. The average molecular weight is 481 g/mol. The first-order chi connectivity index (χ1) is 15.9. The highest BCUT2D eigenvalue weighted by Crippen LogP contribution is 2.12. The van der Waals surface area contributed by atoms with Crippen molar-refractivity contribution in [3.8, 4) is 5.75 Å². The topological polar surface area (TPSA) is 251 Å². The molecule has 4 amide bonds. The Bertz CT molecular complexity index is 920. The van der Waals surface area contributed by atoms with Crippen LogP contribution in [0.2, 0.25) is 0 Å². The van der Waals surface area contributed by atoms with Gasteiger partial charge >= 0.3 is 11.9 Å². The van der Waals surface area contributed by atoms with Crippen LogP contribution in [0.25, 0.3) is 0 Å². The molecule has 0 fully saturated rings. The van der Waals surface area contributed by atoms with E-state index in [0.717, 1.165) is 0 Å². The molecule has 0 saturated heterocycles. The lowest BCUT2D eigenvalue weighted by molar-refractivity contribution is -0.143. The van der Waals surface area contributed by atoms with Crippen molar-refractivity contribution < 1.29 is 44.1 Å². The van der Waals surface area contributed by atoms with Crippen molar-refractivity contribution in [2.75, 3.05) is 6.54 Å². The molecule has 1 rings (SSSR count). The number of rotatable bonds is 14. The van der Waals surface area contributed by atoms with E-state index in [1.54, 1.807) is 0 Å². The molecular weight excluding hydrogens is 454 g/mol. The Kier molecular flexibility index (Phi) is 10.9. The second-order valence-corrected chi connectivity index (χ2v) is 7.32. The van der Waals surface area contributed by atoms with Crippen LogP contribution < -0.4 is 27.4 Å². The van der Waals surface area contributed by atoms with Gasteiger partial charge in [0.05, 0.1) is 19.0 Å². The number of carbonyl (C=O) groups is 6. The fourth-order valence-corrected chi connectivity index (χ4v) is 2.70. The lowest BCUT2D eigenvalue weighted by Crippen LogP contribution is -2.54. The number of phenolic OH excluding ortho intramolecular Hbond substituents is 1. The molecule has 0 aliphatic carbocycles. The number of carbonyl (C=O) groups excluding carboxylic acids is 4. The maximum absolute atomic E-state index is 12.7. The lowest BCUT2D eigenvalue weighted by atomic mass is 10.0. The van der Waals surface area contributed by atoms with Crippen LogP contribution in [0.1, 0.15) is 24.8 Å². The van der Waals surface area contributed by atoms with Crippen molar-refractivity contribution in [1.82, 2.24) is 16.0 Å². The molecule has 0 heterocycles. The van der Waals surface area contributed by atoms with Gasteiger partial charge in [-0.3, -0.25) is 24.0 Å². The number of amides is 4. The van der Waals surface area contributed by atoms with Gasteiger partial charge in [-0.15, -0.1) is 0 Å². The molecule has 0 saturated carbocycles. The zero-order valence-electron chi connectivity index (χ0n) is 18.0. The van der Waals surface area contributed by atoms with Gasteiger partial charge in [0.2, 0.25) is 23.6 Å². The first-order valence-corrected chi connectivity index (χ1v) is 10.0. The van der Waals surface area contributed by atoms with E-state index in [0.29, 0.717) is 5.56 Å². The second-order valence-electron chi connectivity index (χ2n) is 7.32. The molecule has 1 aromatic rings. The molecule has 1 aromatic carbocycles. The van der Waals surface area contributed by atoms with Gasteiger partial charge in [0.25, 0.3) is 0 Å². The molecule has 0 aliphatic heterocycles. The summed E-state index contributed by atoms with van der Waals surface area (Å²) in [5.41, 5.74) is 11.1. The molecule has 0 aliphatic rings. The van der Waals surface area contributed by atoms with Crippen LogP contribution in [-0.2, 0) is 35.2 Å². The van der Waals surface area contributed by atoms with Crippen molar-refractivity contribution in [3.63, 3.8) is 0 Å². The molecule has 34 heavy (non-hydrogen) atoms. The van der Waals surface area contributed by atoms with E-state index >= 15 is 0 Å². The van der Waals surface area contributed by atoms with E-state index in [1.807, 2.05) is 5.32 Å². The maximum atomic E-state index is 12.7. The van der Waals surface area contributed by atoms with Crippen LogP contribution in [0.15, 0.2) is 24.3 Å². The fraction of sp³-hybridized carbons (Fsp3) is 0.400. The largest absolute Gasteiger partial charge is 0.508 e. The molecule has 186 valence electrons. The van der Waals surface area contributed by atoms with Crippen LogP contribution in [0, 0.1) is 0 Å². The van der Waals surface area contributed by atoms with Crippen molar-refractivity contribution in [3.05, 3.63) is 29.8 Å². The van der Waals surface area contributed by atoms with Gasteiger partial charge in [0, 0.05) is 12.8 Å². The molecule has 3 atom stereocenters. The second kappa shape index (κ2) is 13.4. The summed E-state index contributed by atoms with van der Waals surface area (Å²) in [7, 11) is 0. The number of phenols is 1. The smallest absolute Gasteiger partial charge is 0.326 e. The summed E-state index contributed by atoms with van der Waals surface area (Å²) in [6, 6.07) is 1.70. The van der Waals surface area contributed by atoms with Crippen LogP contribution >= 0.6 is 0 Å². The summed E-state index contributed by atoms with van der Waals surface area (Å²) in [5.74, 6) is -6.15. The van der Waals surface area contributed by atoms with E-state index in [-0.39, 0.29) is 25.0 Å². The van der Waals surface area contributed by atoms with Gasteiger partial charge < -0.3 is 42.7 Å². The molecule has 14 nitrogen and oxygen atoms in total. The van der Waals surface area contributed by atoms with Crippen molar-refractivity contribution in [2.24, 2.45) is 11.5 Å². The Balaban J connectivity index is 2.84. The maximum Gasteiger partial charge on any atom is 0.326 e. The molecule has 14 heteroatoms. The Labute approximate surface area is 193 Å². The van der Waals surface area contributed by atoms with Crippen LogP contribution in [0.4, 0.5) is 0 Å². The third kappa shape index (κ3) is 10.4. The zero-order valence-corrected chi connectivity index (χ0v) is 18.0. The number of benzene rings is 1. The number of carboxylic acid groups (broad SMARTS) is 2. The van der Waals surface area contributed by atoms with Crippen LogP contribution in [0.5, 0.6) is 5.75 Å². The summed E-state index contributed by atoms with van der Waals surface area (Å²) in [4.78, 5) is 69.7. The molecule has 0 radical (unpaired) electrons. The normalized spacial score (nSPS) is 13.1. The number of primary amides is 1. The number of carboxylic acids is 2.